The molecule has 5 bridgehead atoms. The molecule has 3 amide bonds. The van der Waals surface area contributed by atoms with Crippen LogP contribution in [0.15, 0.2) is 72.8 Å². The Morgan fingerprint density at radius 3 is 2.51 bits per heavy atom. The van der Waals surface area contributed by atoms with E-state index >= 15 is 4.79 Å². The van der Waals surface area contributed by atoms with E-state index in [1.54, 1.807) is 15.9 Å². The molecule has 7 atom stereocenters. The molecular weight excluding hydrogens is 622 g/mol. The Balaban J connectivity index is 1.43. The third kappa shape index (κ3) is 6.68. The summed E-state index contributed by atoms with van der Waals surface area (Å²) in [7, 11) is 0. The van der Waals surface area contributed by atoms with Gasteiger partial charge in [0.2, 0.25) is 11.8 Å². The number of unbranched alkanes of at least 4 members (excludes halogenated alkanes) is 3. The van der Waals surface area contributed by atoms with E-state index in [2.05, 4.69) is 5.32 Å². The highest BCUT2D eigenvalue weighted by atomic mass is 16.6. The lowest BCUT2D eigenvalue weighted by molar-refractivity contribution is -0.161. The Morgan fingerprint density at radius 1 is 0.959 bits per heavy atom. The van der Waals surface area contributed by atoms with Crippen LogP contribution in [0.2, 0.25) is 0 Å². The zero-order valence-electron chi connectivity index (χ0n) is 28.5. The number of carbonyl (C=O) groups is 4. The number of aryl methyl sites for hydroxylation is 2. The molecule has 49 heavy (non-hydrogen) atoms. The molecule has 2 fully saturated rings. The smallest absolute Gasteiger partial charge is 0.313 e. The van der Waals surface area contributed by atoms with Gasteiger partial charge in [0, 0.05) is 31.8 Å². The first-order chi connectivity index (χ1) is 23.7. The van der Waals surface area contributed by atoms with Crippen LogP contribution in [0.25, 0.3) is 0 Å². The molecule has 4 aliphatic heterocycles. The number of hydrogen-bond donors (Lipinski definition) is 2. The Labute approximate surface area is 288 Å². The van der Waals surface area contributed by atoms with E-state index in [-0.39, 0.29) is 37.3 Å². The molecule has 10 nitrogen and oxygen atoms in total. The van der Waals surface area contributed by atoms with Crippen LogP contribution in [0, 0.1) is 25.7 Å². The number of nitrogens with zero attached hydrogens (tertiary/aromatic N) is 2. The first kappa shape index (κ1) is 34.6. The van der Waals surface area contributed by atoms with Crippen molar-refractivity contribution in [3.8, 4) is 0 Å². The second kappa shape index (κ2) is 14.7. The molecule has 260 valence electrons. The molecule has 4 aliphatic rings. The Morgan fingerprint density at radius 2 is 1.73 bits per heavy atom. The summed E-state index contributed by atoms with van der Waals surface area (Å²) in [5.74, 6) is -3.29. The maximum absolute atomic E-state index is 15.1. The second-order valence-electron chi connectivity index (χ2n) is 13.7. The van der Waals surface area contributed by atoms with Gasteiger partial charge in [-0.3, -0.25) is 19.2 Å². The first-order valence-electron chi connectivity index (χ1n) is 17.5. The van der Waals surface area contributed by atoms with Crippen molar-refractivity contribution in [2.75, 3.05) is 24.6 Å². The van der Waals surface area contributed by atoms with Crippen LogP contribution < -0.4 is 10.2 Å². The van der Waals surface area contributed by atoms with E-state index in [1.807, 2.05) is 87.5 Å². The summed E-state index contributed by atoms with van der Waals surface area (Å²) in [4.78, 5) is 60.3. The fourth-order valence-electron chi connectivity index (χ4n) is 7.89. The summed E-state index contributed by atoms with van der Waals surface area (Å²) < 4.78 is 12.9. The van der Waals surface area contributed by atoms with Crippen molar-refractivity contribution >= 4 is 29.4 Å². The number of likely N-dealkylation sites (tertiary alicyclic amines) is 1. The third-order valence-electron chi connectivity index (χ3n) is 10.3. The van der Waals surface area contributed by atoms with Gasteiger partial charge in [-0.05, 0) is 62.8 Å². The standard InChI is InChI=1S/C39H47N3O7/c1-25-17-18-26(2)29(24-25)41-21-12-7-10-16-31(44)40-27(3)34(28-14-8-6-9-15-28)48-38(47)32-30-19-20-39(49-30)33(32)36(45)42(35(39)37(41)46)22-11-4-5-13-23-43/h6-9,12,14-15,17-20,24,27,30,32-35,43H,4-5,10-11,13,16,21-23H2,1-3H3,(H,40,44)/b12-7-/t27-,30+,32-,33-,34+,35+,39-/m1/s1. The van der Waals surface area contributed by atoms with E-state index in [0.29, 0.717) is 25.8 Å². The van der Waals surface area contributed by atoms with Crippen molar-refractivity contribution in [3.05, 3.63) is 89.5 Å². The minimum atomic E-state index is -1.34. The molecule has 1 spiro atoms. The van der Waals surface area contributed by atoms with E-state index in [9.17, 15) is 19.5 Å². The average molecular weight is 670 g/mol. The summed E-state index contributed by atoms with van der Waals surface area (Å²) in [6.07, 6.45) is 9.41. The molecule has 2 aromatic rings. The van der Waals surface area contributed by atoms with E-state index in [0.717, 1.165) is 35.2 Å². The molecule has 0 unspecified atom stereocenters. The zero-order chi connectivity index (χ0) is 34.7. The maximum Gasteiger partial charge on any atom is 0.313 e. The number of fused-ring (bicyclic) bond motifs is 2. The normalized spacial score (nSPS) is 30.8. The average Bonchev–Trinajstić information content (AvgIpc) is 3.73. The number of carbonyl (C=O) groups excluding carboxylic acids is 4. The van der Waals surface area contributed by atoms with E-state index in [4.69, 9.17) is 9.47 Å². The van der Waals surface area contributed by atoms with Crippen LogP contribution >= 0.6 is 0 Å². The predicted molar refractivity (Wildman–Crippen MR) is 184 cm³/mol. The number of ether oxygens (including phenoxy) is 2. The Hall–Kier alpha value is -4.28. The molecular formula is C39H47N3O7. The lowest BCUT2D eigenvalue weighted by Crippen LogP contribution is -2.56. The van der Waals surface area contributed by atoms with Crippen molar-refractivity contribution in [2.45, 2.75) is 89.2 Å². The highest BCUT2D eigenvalue weighted by Gasteiger charge is 2.73. The van der Waals surface area contributed by atoms with Gasteiger partial charge in [-0.25, -0.2) is 0 Å². The third-order valence-corrected chi connectivity index (χ3v) is 10.3. The van der Waals surface area contributed by atoms with Crippen LogP contribution in [-0.2, 0) is 28.7 Å². The number of benzene rings is 2. The van der Waals surface area contributed by atoms with Gasteiger partial charge < -0.3 is 29.7 Å². The number of nitrogens with one attached hydrogen (secondary N) is 1. The van der Waals surface area contributed by atoms with Gasteiger partial charge in [-0.2, -0.15) is 0 Å². The van der Waals surface area contributed by atoms with Crippen molar-refractivity contribution in [2.24, 2.45) is 11.8 Å². The highest BCUT2D eigenvalue weighted by molar-refractivity contribution is 6.05. The number of esters is 1. The van der Waals surface area contributed by atoms with E-state index < -0.39 is 47.7 Å². The first-order valence-corrected chi connectivity index (χ1v) is 17.5. The summed E-state index contributed by atoms with van der Waals surface area (Å²) in [5, 5.41) is 12.3. The highest BCUT2D eigenvalue weighted by Crippen LogP contribution is 2.56. The van der Waals surface area contributed by atoms with Gasteiger partial charge in [0.05, 0.1) is 18.1 Å². The van der Waals surface area contributed by atoms with Gasteiger partial charge in [0.25, 0.3) is 5.91 Å². The number of rotatable bonds is 8. The Bertz CT molecular complexity index is 1620. The van der Waals surface area contributed by atoms with Gasteiger partial charge in [-0.1, -0.05) is 79.6 Å². The predicted octanol–water partition coefficient (Wildman–Crippen LogP) is 4.48. The number of allylic oxidation sites excluding steroid dienone is 1. The van der Waals surface area contributed by atoms with Crippen LogP contribution in [0.5, 0.6) is 0 Å². The molecule has 0 aromatic heterocycles. The monoisotopic (exact) mass is 669 g/mol. The van der Waals surface area contributed by atoms with Crippen LogP contribution in [-0.4, -0.2) is 77.2 Å². The minimum Gasteiger partial charge on any atom is -0.455 e. The molecule has 10 heteroatoms. The number of cyclic esters (lactones) is 1. The largest absolute Gasteiger partial charge is 0.455 e. The second-order valence-corrected chi connectivity index (χ2v) is 13.7. The molecule has 0 radical (unpaired) electrons. The van der Waals surface area contributed by atoms with Crippen molar-refractivity contribution in [3.63, 3.8) is 0 Å². The van der Waals surface area contributed by atoms with Crippen molar-refractivity contribution in [1.29, 1.82) is 0 Å². The molecule has 2 saturated heterocycles. The van der Waals surface area contributed by atoms with Crippen LogP contribution in [0.1, 0.15) is 68.2 Å². The lowest BCUT2D eigenvalue weighted by Gasteiger charge is -2.36. The quantitative estimate of drug-likeness (QED) is 0.241. The van der Waals surface area contributed by atoms with Gasteiger partial charge >= 0.3 is 5.97 Å². The minimum absolute atomic E-state index is 0.101. The number of aliphatic hydroxyl groups excluding tert-OH is 1. The summed E-state index contributed by atoms with van der Waals surface area (Å²) in [6, 6.07) is 13.6. The van der Waals surface area contributed by atoms with Crippen molar-refractivity contribution < 1.29 is 33.8 Å². The number of anilines is 1. The molecule has 0 saturated carbocycles. The van der Waals surface area contributed by atoms with Crippen molar-refractivity contribution in [1.82, 2.24) is 10.2 Å². The molecule has 4 heterocycles. The van der Waals surface area contributed by atoms with Gasteiger partial charge in [0.15, 0.2) is 0 Å². The molecule has 0 aliphatic carbocycles. The summed E-state index contributed by atoms with van der Waals surface area (Å²) in [5.41, 5.74) is 1.99. The van der Waals surface area contributed by atoms with Crippen LogP contribution in [0.4, 0.5) is 5.69 Å². The SMILES string of the molecule is Cc1ccc(C)c(N2C/C=C\CCC(=O)N[C@H](C)[C@@H](c3ccccc3)OC(=O)[C@@H]3[C@@H]4C=C[C@]5(O4)[C@H](C2=O)N(CCCCCCO)C(=O)[C@@H]35)c1. The summed E-state index contributed by atoms with van der Waals surface area (Å²) in [6.45, 7) is 6.37. The number of aliphatic hydroxyl groups is 1. The topological polar surface area (TPSA) is 125 Å². The maximum atomic E-state index is 15.1. The fraction of sp³-hybridized carbons (Fsp3) is 0.487. The van der Waals surface area contributed by atoms with Crippen LogP contribution in [0.3, 0.4) is 0 Å². The summed E-state index contributed by atoms with van der Waals surface area (Å²) >= 11 is 0. The van der Waals surface area contributed by atoms with Gasteiger partial charge in [-0.15, -0.1) is 0 Å². The fourth-order valence-corrected chi connectivity index (χ4v) is 7.89. The molecule has 6 rings (SSSR count). The van der Waals surface area contributed by atoms with E-state index in [1.165, 1.54) is 0 Å². The van der Waals surface area contributed by atoms with Gasteiger partial charge in [0.1, 0.15) is 23.7 Å². The molecule has 2 N–H and O–H groups in total. The number of amides is 3. The number of hydrogen-bond acceptors (Lipinski definition) is 7. The molecule has 2 aromatic carbocycles. The Kier molecular flexibility index (Phi) is 10.4. The zero-order valence-corrected chi connectivity index (χ0v) is 28.5. The lowest BCUT2D eigenvalue weighted by atomic mass is 9.74.